The first-order valence-corrected chi connectivity index (χ1v) is 6.67. The Hall–Kier alpha value is -0.150. The van der Waals surface area contributed by atoms with E-state index in [1.807, 2.05) is 6.07 Å². The van der Waals surface area contributed by atoms with E-state index in [-0.39, 0.29) is 10.6 Å². The van der Waals surface area contributed by atoms with Gasteiger partial charge in [-0.3, -0.25) is 4.79 Å². The predicted molar refractivity (Wildman–Crippen MR) is 70.6 cm³/mol. The molecule has 0 radical (unpaired) electrons. The molecule has 0 aliphatic carbocycles. The Morgan fingerprint density at radius 3 is 2.60 bits per heavy atom. The van der Waals surface area contributed by atoms with Gasteiger partial charge in [0.2, 0.25) is 0 Å². The number of halogens is 2. The summed E-state index contributed by atoms with van der Waals surface area (Å²) in [5, 5.41) is 0. The van der Waals surface area contributed by atoms with Crippen LogP contribution in [0.1, 0.15) is 25.0 Å². The van der Waals surface area contributed by atoms with Crippen molar-refractivity contribution < 1.29 is 4.79 Å². The zero-order valence-corrected chi connectivity index (χ0v) is 12.1. The van der Waals surface area contributed by atoms with Gasteiger partial charge in [0.1, 0.15) is 5.78 Å². The molecule has 82 valence electrons. The molecule has 1 aromatic carbocycles. The van der Waals surface area contributed by atoms with Crippen molar-refractivity contribution in [3.63, 3.8) is 0 Å². The molecule has 3 heteroatoms. The number of aryl methyl sites for hydroxylation is 1. The molecule has 0 aromatic heterocycles. The lowest BCUT2D eigenvalue weighted by Gasteiger charge is -2.11. The Labute approximate surface area is 108 Å². The molecule has 1 nitrogen and oxygen atoms in total. The lowest BCUT2D eigenvalue weighted by Crippen LogP contribution is -2.13. The Morgan fingerprint density at radius 2 is 2.07 bits per heavy atom. The van der Waals surface area contributed by atoms with E-state index in [4.69, 9.17) is 0 Å². The standard InChI is InChI=1S/C12H14Br2O/c1-3-9-6-11(13)5-4-10(9)7-12(14)8(2)15/h4-6,12H,3,7H2,1-2H3. The Morgan fingerprint density at radius 1 is 1.40 bits per heavy atom. The largest absolute Gasteiger partial charge is 0.299 e. The fourth-order valence-corrected chi connectivity index (χ4v) is 2.22. The summed E-state index contributed by atoms with van der Waals surface area (Å²) in [6.45, 7) is 3.74. The van der Waals surface area contributed by atoms with E-state index < -0.39 is 0 Å². The molecule has 1 unspecified atom stereocenters. The Bertz CT molecular complexity index is 361. The van der Waals surface area contributed by atoms with Crippen molar-refractivity contribution in [1.82, 2.24) is 0 Å². The average molecular weight is 334 g/mol. The number of carbonyl (C=O) groups is 1. The van der Waals surface area contributed by atoms with Crippen LogP contribution in [0, 0.1) is 0 Å². The Balaban J connectivity index is 2.89. The van der Waals surface area contributed by atoms with Crippen molar-refractivity contribution in [2.45, 2.75) is 31.5 Å². The monoisotopic (exact) mass is 332 g/mol. The maximum Gasteiger partial charge on any atom is 0.143 e. The minimum Gasteiger partial charge on any atom is -0.299 e. The summed E-state index contributed by atoms with van der Waals surface area (Å²) in [4.78, 5) is 11.1. The molecule has 15 heavy (non-hydrogen) atoms. The first kappa shape index (κ1) is 12.9. The van der Waals surface area contributed by atoms with E-state index in [9.17, 15) is 4.79 Å². The zero-order chi connectivity index (χ0) is 11.4. The van der Waals surface area contributed by atoms with Gasteiger partial charge >= 0.3 is 0 Å². The maximum atomic E-state index is 11.2. The fourth-order valence-electron chi connectivity index (χ4n) is 1.46. The van der Waals surface area contributed by atoms with Gasteiger partial charge in [-0.15, -0.1) is 0 Å². The van der Waals surface area contributed by atoms with E-state index >= 15 is 0 Å². The third kappa shape index (κ3) is 3.72. The van der Waals surface area contributed by atoms with Crippen LogP contribution in [0.3, 0.4) is 0 Å². The van der Waals surface area contributed by atoms with Gasteiger partial charge in [0, 0.05) is 4.47 Å². The van der Waals surface area contributed by atoms with Crippen LogP contribution in [0.25, 0.3) is 0 Å². The highest BCUT2D eigenvalue weighted by molar-refractivity contribution is 9.10. The normalized spacial score (nSPS) is 12.5. The molecule has 0 aliphatic heterocycles. The van der Waals surface area contributed by atoms with Gasteiger partial charge in [0.15, 0.2) is 0 Å². The summed E-state index contributed by atoms with van der Waals surface area (Å²) in [7, 11) is 0. The highest BCUT2D eigenvalue weighted by atomic mass is 79.9. The molecule has 1 rings (SSSR count). The first-order valence-electron chi connectivity index (χ1n) is 4.96. The van der Waals surface area contributed by atoms with Crippen molar-refractivity contribution in [2.24, 2.45) is 0 Å². The molecule has 0 fully saturated rings. The van der Waals surface area contributed by atoms with Crippen LogP contribution in [-0.2, 0) is 17.6 Å². The van der Waals surface area contributed by atoms with Gasteiger partial charge in [-0.05, 0) is 43.0 Å². The summed E-state index contributed by atoms with van der Waals surface area (Å²) in [6.07, 6.45) is 1.76. The summed E-state index contributed by atoms with van der Waals surface area (Å²) < 4.78 is 1.09. The van der Waals surface area contributed by atoms with Crippen molar-refractivity contribution in [3.05, 3.63) is 33.8 Å². The molecule has 1 aromatic rings. The number of hydrogen-bond acceptors (Lipinski definition) is 1. The van der Waals surface area contributed by atoms with E-state index in [2.05, 4.69) is 50.9 Å². The molecule has 0 heterocycles. The second-order valence-electron chi connectivity index (χ2n) is 3.55. The third-order valence-electron chi connectivity index (χ3n) is 2.39. The van der Waals surface area contributed by atoms with Gasteiger partial charge < -0.3 is 0 Å². The van der Waals surface area contributed by atoms with Gasteiger partial charge in [-0.2, -0.15) is 0 Å². The van der Waals surface area contributed by atoms with Crippen LogP contribution in [0.4, 0.5) is 0 Å². The predicted octanol–water partition coefficient (Wildman–Crippen LogP) is 3.91. The summed E-state index contributed by atoms with van der Waals surface area (Å²) >= 11 is 6.85. The molecule has 0 aliphatic rings. The molecule has 0 N–H and O–H groups in total. The molecular formula is C12H14Br2O. The smallest absolute Gasteiger partial charge is 0.143 e. The topological polar surface area (TPSA) is 17.1 Å². The minimum absolute atomic E-state index is 0.0658. The number of hydrogen-bond donors (Lipinski definition) is 0. The molecule has 0 saturated carbocycles. The highest BCUT2D eigenvalue weighted by Crippen LogP contribution is 2.20. The van der Waals surface area contributed by atoms with Crippen LogP contribution >= 0.6 is 31.9 Å². The van der Waals surface area contributed by atoms with Crippen LogP contribution in [0.15, 0.2) is 22.7 Å². The molecular weight excluding hydrogens is 320 g/mol. The summed E-state index contributed by atoms with van der Waals surface area (Å²) in [5.41, 5.74) is 2.55. The van der Waals surface area contributed by atoms with Crippen molar-refractivity contribution in [2.75, 3.05) is 0 Å². The number of rotatable bonds is 4. The molecule has 1 atom stereocenters. The van der Waals surface area contributed by atoms with Crippen LogP contribution in [-0.4, -0.2) is 10.6 Å². The molecule has 0 spiro atoms. The van der Waals surface area contributed by atoms with E-state index in [1.54, 1.807) is 6.92 Å². The van der Waals surface area contributed by atoms with Crippen LogP contribution in [0.2, 0.25) is 0 Å². The minimum atomic E-state index is -0.0658. The highest BCUT2D eigenvalue weighted by Gasteiger charge is 2.12. The summed E-state index contributed by atoms with van der Waals surface area (Å²) in [6, 6.07) is 6.23. The Kier molecular flexibility index (Phi) is 5.00. The number of alkyl halides is 1. The van der Waals surface area contributed by atoms with E-state index in [0.29, 0.717) is 0 Å². The maximum absolute atomic E-state index is 11.2. The van der Waals surface area contributed by atoms with Gasteiger partial charge in [-0.25, -0.2) is 0 Å². The van der Waals surface area contributed by atoms with Gasteiger partial charge in [0.05, 0.1) is 4.83 Å². The lowest BCUT2D eigenvalue weighted by molar-refractivity contribution is -0.116. The van der Waals surface area contributed by atoms with Crippen molar-refractivity contribution in [3.8, 4) is 0 Å². The number of carbonyl (C=O) groups excluding carboxylic acids is 1. The van der Waals surface area contributed by atoms with Crippen molar-refractivity contribution >= 4 is 37.6 Å². The fraction of sp³-hybridized carbons (Fsp3) is 0.417. The second-order valence-corrected chi connectivity index (χ2v) is 5.57. The molecule has 0 amide bonds. The molecule has 0 bridgehead atoms. The second kappa shape index (κ2) is 5.80. The first-order chi connectivity index (χ1) is 7.04. The quantitative estimate of drug-likeness (QED) is 0.763. The van der Waals surface area contributed by atoms with E-state index in [1.165, 1.54) is 11.1 Å². The van der Waals surface area contributed by atoms with Gasteiger partial charge in [0.25, 0.3) is 0 Å². The number of Topliss-reactive ketones (excluding diaryl/α,β-unsaturated/α-hetero) is 1. The third-order valence-corrected chi connectivity index (χ3v) is 3.85. The van der Waals surface area contributed by atoms with E-state index in [0.717, 1.165) is 17.3 Å². The average Bonchev–Trinajstić information content (AvgIpc) is 2.20. The lowest BCUT2D eigenvalue weighted by atomic mass is 10.0. The number of ketones is 1. The summed E-state index contributed by atoms with van der Waals surface area (Å²) in [5.74, 6) is 0.181. The van der Waals surface area contributed by atoms with Crippen molar-refractivity contribution in [1.29, 1.82) is 0 Å². The number of benzene rings is 1. The molecule has 0 saturated heterocycles. The van der Waals surface area contributed by atoms with Gasteiger partial charge in [-0.1, -0.05) is 44.8 Å². The zero-order valence-electron chi connectivity index (χ0n) is 8.89. The SMILES string of the molecule is CCc1cc(Br)ccc1CC(Br)C(C)=O. The van der Waals surface area contributed by atoms with Crippen LogP contribution in [0.5, 0.6) is 0 Å². The van der Waals surface area contributed by atoms with Crippen LogP contribution < -0.4 is 0 Å².